The Morgan fingerprint density at radius 3 is 2.69 bits per heavy atom. The van der Waals surface area contributed by atoms with E-state index in [9.17, 15) is 18.0 Å². The Bertz CT molecular complexity index is 1040. The Morgan fingerprint density at radius 2 is 2.07 bits per heavy atom. The number of likely N-dealkylation sites (N-methyl/N-ethyl adjacent to an activating group) is 1. The number of carbonyl (C=O) groups excluding carboxylic acids is 1. The van der Waals surface area contributed by atoms with E-state index in [1.807, 2.05) is 0 Å². The van der Waals surface area contributed by atoms with Crippen LogP contribution in [-0.4, -0.2) is 46.0 Å². The van der Waals surface area contributed by atoms with E-state index in [-0.39, 0.29) is 17.5 Å². The number of hydrogen-bond donors (Lipinski definition) is 1. The number of hydrogen-bond acceptors (Lipinski definition) is 5. The lowest BCUT2D eigenvalue weighted by Crippen LogP contribution is -2.25. The number of nitrogens with one attached hydrogen (secondary N) is 1. The fraction of sp³-hybridized carbons (Fsp3) is 0.278. The van der Waals surface area contributed by atoms with Gasteiger partial charge in [-0.15, -0.1) is 18.3 Å². The molecule has 3 rings (SSSR count). The van der Waals surface area contributed by atoms with Crippen molar-refractivity contribution in [2.45, 2.75) is 19.8 Å². The highest BCUT2D eigenvalue weighted by Crippen LogP contribution is 2.36. The first-order chi connectivity index (χ1) is 13.5. The van der Waals surface area contributed by atoms with E-state index in [1.54, 1.807) is 37.8 Å². The van der Waals surface area contributed by atoms with Gasteiger partial charge in [0.25, 0.3) is 0 Å². The molecule has 3 aromatic rings. The van der Waals surface area contributed by atoms with Crippen molar-refractivity contribution in [2.24, 2.45) is 0 Å². The highest BCUT2D eigenvalue weighted by molar-refractivity contribution is 6.33. The molecule has 2 aromatic heterocycles. The minimum Gasteiger partial charge on any atom is -0.406 e. The van der Waals surface area contributed by atoms with Crippen LogP contribution in [0.4, 0.5) is 24.7 Å². The van der Waals surface area contributed by atoms with E-state index >= 15 is 0 Å². The summed E-state index contributed by atoms with van der Waals surface area (Å²) in [6.07, 6.45) is -1.55. The molecule has 0 aliphatic heterocycles. The molecular formula is C18H17ClF3N5O2. The summed E-state index contributed by atoms with van der Waals surface area (Å²) in [5, 5.41) is 11.7. The van der Waals surface area contributed by atoms with Gasteiger partial charge in [0.1, 0.15) is 12.3 Å². The molecule has 0 saturated heterocycles. The Balaban J connectivity index is 1.93. The second kappa shape index (κ2) is 7.78. The number of nitrogens with zero attached hydrogens (tertiary/aromatic N) is 4. The van der Waals surface area contributed by atoms with Crippen LogP contribution >= 0.6 is 11.6 Å². The molecular weight excluding hydrogens is 411 g/mol. The van der Waals surface area contributed by atoms with E-state index < -0.39 is 12.1 Å². The van der Waals surface area contributed by atoms with E-state index in [2.05, 4.69) is 20.3 Å². The van der Waals surface area contributed by atoms with Crippen LogP contribution in [0.2, 0.25) is 5.02 Å². The zero-order valence-corrected chi connectivity index (χ0v) is 16.5. The summed E-state index contributed by atoms with van der Waals surface area (Å²) in [6, 6.07) is 4.05. The minimum atomic E-state index is -4.81. The quantitative estimate of drug-likeness (QED) is 0.663. The highest BCUT2D eigenvalue weighted by atomic mass is 35.5. The highest BCUT2D eigenvalue weighted by Gasteiger charge is 2.31. The lowest BCUT2D eigenvalue weighted by molar-refractivity contribution is -0.274. The van der Waals surface area contributed by atoms with E-state index in [0.717, 1.165) is 6.07 Å². The van der Waals surface area contributed by atoms with Crippen LogP contribution in [0, 0.1) is 6.92 Å². The van der Waals surface area contributed by atoms with Gasteiger partial charge in [-0.2, -0.15) is 5.10 Å². The second-order valence-corrected chi connectivity index (χ2v) is 6.90. The van der Waals surface area contributed by atoms with Crippen molar-refractivity contribution in [1.29, 1.82) is 0 Å². The number of alkyl halides is 3. The molecule has 0 spiro atoms. The van der Waals surface area contributed by atoms with Crippen molar-refractivity contribution in [3.8, 4) is 5.75 Å². The number of aromatic nitrogens is 3. The number of anilines is 2. The van der Waals surface area contributed by atoms with Crippen LogP contribution in [0.25, 0.3) is 10.9 Å². The number of carbonyl (C=O) groups is 1. The van der Waals surface area contributed by atoms with E-state index in [1.165, 1.54) is 17.2 Å². The summed E-state index contributed by atoms with van der Waals surface area (Å²) in [4.78, 5) is 13.5. The molecule has 7 nitrogen and oxygen atoms in total. The van der Waals surface area contributed by atoms with Crippen molar-refractivity contribution in [1.82, 2.24) is 19.7 Å². The molecule has 0 radical (unpaired) electrons. The molecule has 1 N–H and O–H groups in total. The number of halogens is 4. The third kappa shape index (κ3) is 4.70. The standard InChI is InChI=1S/C18H17ClF3N5O2/c1-10-6-11(29-18(20,21)22)7-13(19)16(10)24-17-12-4-5-27(9-15(28)26(2)3)14(12)8-23-25-17/h4-8H,9H2,1-3H3,(H,24,25). The molecule has 1 amide bonds. The molecule has 0 atom stereocenters. The van der Waals surface area contributed by atoms with Gasteiger partial charge in [-0.3, -0.25) is 4.79 Å². The summed E-state index contributed by atoms with van der Waals surface area (Å²) >= 11 is 6.16. The lowest BCUT2D eigenvalue weighted by Gasteiger charge is -2.15. The number of amides is 1. The smallest absolute Gasteiger partial charge is 0.406 e. The first kappa shape index (κ1) is 20.7. The summed E-state index contributed by atoms with van der Waals surface area (Å²) in [5.41, 5.74) is 1.47. The van der Waals surface area contributed by atoms with Gasteiger partial charge >= 0.3 is 6.36 Å². The van der Waals surface area contributed by atoms with Crippen molar-refractivity contribution in [3.63, 3.8) is 0 Å². The monoisotopic (exact) mass is 427 g/mol. The molecule has 0 bridgehead atoms. The van der Waals surface area contributed by atoms with Gasteiger partial charge in [0.2, 0.25) is 5.91 Å². The Kier molecular flexibility index (Phi) is 5.56. The maximum absolute atomic E-state index is 12.4. The zero-order valence-electron chi connectivity index (χ0n) is 15.7. The summed E-state index contributed by atoms with van der Waals surface area (Å²) in [5.74, 6) is -0.149. The third-order valence-corrected chi connectivity index (χ3v) is 4.44. The number of ether oxygens (including phenoxy) is 1. The molecule has 1 aromatic carbocycles. The Morgan fingerprint density at radius 1 is 1.34 bits per heavy atom. The van der Waals surface area contributed by atoms with Gasteiger partial charge in [0.05, 0.1) is 22.4 Å². The van der Waals surface area contributed by atoms with Gasteiger partial charge in [0.15, 0.2) is 5.82 Å². The van der Waals surface area contributed by atoms with Gasteiger partial charge < -0.3 is 19.5 Å². The summed E-state index contributed by atoms with van der Waals surface area (Å²) < 4.78 is 43.0. The van der Waals surface area contributed by atoms with Gasteiger partial charge in [-0.05, 0) is 24.6 Å². The van der Waals surface area contributed by atoms with Crippen molar-refractivity contribution in [3.05, 3.63) is 41.2 Å². The molecule has 0 unspecified atom stereocenters. The predicted octanol–water partition coefficient (Wildman–Crippen LogP) is 4.12. The predicted molar refractivity (Wildman–Crippen MR) is 102 cm³/mol. The number of fused-ring (bicyclic) bond motifs is 1. The van der Waals surface area contributed by atoms with Crippen LogP contribution in [0.5, 0.6) is 5.75 Å². The van der Waals surface area contributed by atoms with E-state index in [4.69, 9.17) is 11.6 Å². The molecule has 0 aliphatic carbocycles. The van der Waals surface area contributed by atoms with Crippen LogP contribution in [0.15, 0.2) is 30.6 Å². The van der Waals surface area contributed by atoms with Gasteiger partial charge in [-0.25, -0.2) is 0 Å². The zero-order chi connectivity index (χ0) is 21.3. The van der Waals surface area contributed by atoms with Crippen LogP contribution in [0.1, 0.15) is 5.56 Å². The van der Waals surface area contributed by atoms with Gasteiger partial charge in [-0.1, -0.05) is 11.6 Å². The minimum absolute atomic E-state index is 0.0327. The normalized spacial score (nSPS) is 11.6. The average molecular weight is 428 g/mol. The average Bonchev–Trinajstić information content (AvgIpc) is 3.00. The Hall–Kier alpha value is -3.01. The molecule has 11 heteroatoms. The summed E-state index contributed by atoms with van der Waals surface area (Å²) in [6.45, 7) is 1.72. The molecule has 0 saturated carbocycles. The first-order valence-electron chi connectivity index (χ1n) is 8.39. The topological polar surface area (TPSA) is 72.3 Å². The Labute approximate surface area is 169 Å². The molecule has 0 aliphatic rings. The SMILES string of the molecule is Cc1cc(OC(F)(F)F)cc(Cl)c1Nc1nncc2c1ccn2CC(=O)N(C)C. The summed E-state index contributed by atoms with van der Waals surface area (Å²) in [7, 11) is 3.33. The fourth-order valence-corrected chi connectivity index (χ4v) is 3.03. The number of rotatable bonds is 5. The maximum atomic E-state index is 12.4. The van der Waals surface area contributed by atoms with E-state index in [0.29, 0.717) is 28.0 Å². The third-order valence-electron chi connectivity index (χ3n) is 4.14. The lowest BCUT2D eigenvalue weighted by atomic mass is 10.2. The van der Waals surface area contributed by atoms with Crippen LogP contribution in [0.3, 0.4) is 0 Å². The van der Waals surface area contributed by atoms with Crippen molar-refractivity contribution < 1.29 is 22.7 Å². The van der Waals surface area contributed by atoms with Crippen molar-refractivity contribution in [2.75, 3.05) is 19.4 Å². The molecule has 0 fully saturated rings. The molecule has 2 heterocycles. The number of benzene rings is 1. The second-order valence-electron chi connectivity index (χ2n) is 6.49. The number of aryl methyl sites for hydroxylation is 1. The fourth-order valence-electron chi connectivity index (χ4n) is 2.72. The largest absolute Gasteiger partial charge is 0.573 e. The van der Waals surface area contributed by atoms with Crippen LogP contribution < -0.4 is 10.1 Å². The maximum Gasteiger partial charge on any atom is 0.573 e. The molecule has 29 heavy (non-hydrogen) atoms. The van der Waals surface area contributed by atoms with Gasteiger partial charge in [0, 0.05) is 31.7 Å². The molecule has 154 valence electrons. The first-order valence-corrected chi connectivity index (χ1v) is 8.76. The van der Waals surface area contributed by atoms with Crippen LogP contribution in [-0.2, 0) is 11.3 Å². The van der Waals surface area contributed by atoms with Crippen molar-refractivity contribution >= 4 is 39.9 Å².